The van der Waals surface area contributed by atoms with Gasteiger partial charge >= 0.3 is 0 Å². The molecule has 2 heterocycles. The third kappa shape index (κ3) is 4.50. The molecule has 1 aliphatic rings. The summed E-state index contributed by atoms with van der Waals surface area (Å²) in [5.41, 5.74) is 2.42. The predicted octanol–water partition coefficient (Wildman–Crippen LogP) is 4.08. The van der Waals surface area contributed by atoms with Gasteiger partial charge in [0.15, 0.2) is 0 Å². The molecule has 4 rings (SSSR count). The second-order valence-electron chi connectivity index (χ2n) is 7.73. The Hall–Kier alpha value is -3.19. The second kappa shape index (κ2) is 9.35. The van der Waals surface area contributed by atoms with Crippen LogP contribution in [0.4, 0.5) is 10.7 Å². The van der Waals surface area contributed by atoms with E-state index in [0.717, 1.165) is 36.5 Å². The number of fused-ring (bicyclic) bond motifs is 1. The van der Waals surface area contributed by atoms with Gasteiger partial charge in [-0.1, -0.05) is 25.1 Å². The Morgan fingerprint density at radius 3 is 2.52 bits per heavy atom. The van der Waals surface area contributed by atoms with Gasteiger partial charge in [0.25, 0.3) is 15.9 Å². The van der Waals surface area contributed by atoms with Crippen molar-refractivity contribution in [2.75, 3.05) is 29.8 Å². The van der Waals surface area contributed by atoms with Crippen molar-refractivity contribution in [1.82, 2.24) is 4.90 Å². The lowest BCUT2D eigenvalue weighted by Gasteiger charge is -2.24. The number of sulfonamides is 1. The third-order valence-electron chi connectivity index (χ3n) is 5.82. The van der Waals surface area contributed by atoms with E-state index in [1.54, 1.807) is 24.3 Å². The standard InChI is InChI=1S/C24H24N4O3S2/c1-3-28-14-13-20-21(15-25)24(32-22(20)16-28)26-23(29)17-9-11-19(12-10-17)33(30,31)27(2)18-7-5-4-6-8-18/h4-12H,3,13-14,16H2,1-2H3,(H,26,29). The van der Waals surface area contributed by atoms with E-state index < -0.39 is 10.0 Å². The van der Waals surface area contributed by atoms with Crippen LogP contribution in [0.25, 0.3) is 0 Å². The summed E-state index contributed by atoms with van der Waals surface area (Å²) in [5, 5.41) is 13.1. The monoisotopic (exact) mass is 480 g/mol. The first-order chi connectivity index (χ1) is 15.8. The van der Waals surface area contributed by atoms with E-state index in [9.17, 15) is 18.5 Å². The van der Waals surface area contributed by atoms with E-state index in [0.29, 0.717) is 21.8 Å². The lowest BCUT2D eigenvalue weighted by molar-refractivity contribution is 0.102. The minimum Gasteiger partial charge on any atom is -0.312 e. The van der Waals surface area contributed by atoms with E-state index in [2.05, 4.69) is 23.2 Å². The Labute approximate surface area is 197 Å². The zero-order chi connectivity index (χ0) is 23.6. The second-order valence-corrected chi connectivity index (χ2v) is 10.8. The van der Waals surface area contributed by atoms with Crippen LogP contribution in [0.2, 0.25) is 0 Å². The number of hydrogen-bond donors (Lipinski definition) is 1. The predicted molar refractivity (Wildman–Crippen MR) is 130 cm³/mol. The number of benzene rings is 2. The van der Waals surface area contributed by atoms with Crippen molar-refractivity contribution in [1.29, 1.82) is 5.26 Å². The van der Waals surface area contributed by atoms with Gasteiger partial charge in [0, 0.05) is 30.6 Å². The number of carbonyl (C=O) groups is 1. The molecule has 0 fully saturated rings. The molecule has 3 aromatic rings. The van der Waals surface area contributed by atoms with Crippen LogP contribution >= 0.6 is 11.3 Å². The van der Waals surface area contributed by atoms with Crippen LogP contribution in [0.1, 0.15) is 33.3 Å². The molecule has 1 amide bonds. The summed E-state index contributed by atoms with van der Waals surface area (Å²) >= 11 is 1.44. The number of hydrogen-bond acceptors (Lipinski definition) is 6. The van der Waals surface area contributed by atoms with Gasteiger partial charge in [0.1, 0.15) is 11.1 Å². The van der Waals surface area contributed by atoms with E-state index in [1.807, 2.05) is 6.07 Å². The molecule has 170 valence electrons. The fraction of sp³-hybridized carbons (Fsp3) is 0.250. The summed E-state index contributed by atoms with van der Waals surface area (Å²) in [7, 11) is -2.27. The van der Waals surface area contributed by atoms with Crippen LogP contribution in [-0.2, 0) is 23.0 Å². The number of anilines is 2. The van der Waals surface area contributed by atoms with Crippen molar-refractivity contribution in [3.8, 4) is 6.07 Å². The summed E-state index contributed by atoms with van der Waals surface area (Å²) in [6, 6.07) is 16.9. The molecule has 0 bridgehead atoms. The van der Waals surface area contributed by atoms with Gasteiger partial charge in [-0.15, -0.1) is 11.3 Å². The van der Waals surface area contributed by atoms with Crippen molar-refractivity contribution in [2.45, 2.75) is 24.8 Å². The lowest BCUT2D eigenvalue weighted by atomic mass is 10.0. The van der Waals surface area contributed by atoms with Gasteiger partial charge < -0.3 is 5.32 Å². The molecule has 0 atom stereocenters. The number of amides is 1. The van der Waals surface area contributed by atoms with Crippen LogP contribution < -0.4 is 9.62 Å². The molecule has 33 heavy (non-hydrogen) atoms. The number of rotatable bonds is 6. The molecule has 9 heteroatoms. The van der Waals surface area contributed by atoms with E-state index >= 15 is 0 Å². The van der Waals surface area contributed by atoms with Crippen LogP contribution in [0.3, 0.4) is 0 Å². The lowest BCUT2D eigenvalue weighted by Crippen LogP contribution is -2.29. The van der Waals surface area contributed by atoms with Gasteiger partial charge in [-0.25, -0.2) is 8.42 Å². The molecular weight excluding hydrogens is 456 g/mol. The van der Waals surface area contributed by atoms with Gasteiger partial charge in [0.2, 0.25) is 0 Å². The molecule has 0 radical (unpaired) electrons. The number of para-hydroxylation sites is 1. The van der Waals surface area contributed by atoms with Crippen LogP contribution in [-0.4, -0.2) is 39.4 Å². The van der Waals surface area contributed by atoms with Crippen LogP contribution in [0.15, 0.2) is 59.5 Å². The first-order valence-electron chi connectivity index (χ1n) is 10.6. The van der Waals surface area contributed by atoms with Crippen LogP contribution in [0.5, 0.6) is 0 Å². The molecule has 0 aliphatic carbocycles. The first-order valence-corrected chi connectivity index (χ1v) is 12.8. The highest BCUT2D eigenvalue weighted by Crippen LogP contribution is 2.36. The van der Waals surface area contributed by atoms with Gasteiger partial charge in [-0.05, 0) is 54.9 Å². The highest BCUT2D eigenvalue weighted by molar-refractivity contribution is 7.92. The van der Waals surface area contributed by atoms with Gasteiger partial charge in [0.05, 0.1) is 16.1 Å². The fourth-order valence-electron chi connectivity index (χ4n) is 3.82. The Balaban J connectivity index is 1.53. The van der Waals surface area contributed by atoms with E-state index in [4.69, 9.17) is 0 Å². The SMILES string of the molecule is CCN1CCc2c(sc(NC(=O)c3ccc(S(=O)(=O)N(C)c4ccccc4)cc3)c2C#N)C1. The van der Waals surface area contributed by atoms with Crippen molar-refractivity contribution >= 4 is 38.0 Å². The molecule has 1 aliphatic heterocycles. The first kappa shape index (κ1) is 23.0. The quantitative estimate of drug-likeness (QED) is 0.574. The van der Waals surface area contributed by atoms with Crippen molar-refractivity contribution in [2.24, 2.45) is 0 Å². The molecular formula is C24H24N4O3S2. The summed E-state index contributed by atoms with van der Waals surface area (Å²) in [4.78, 5) is 16.4. The average molecular weight is 481 g/mol. The highest BCUT2D eigenvalue weighted by Gasteiger charge is 2.25. The highest BCUT2D eigenvalue weighted by atomic mass is 32.2. The number of nitrogens with one attached hydrogen (secondary N) is 1. The summed E-state index contributed by atoms with van der Waals surface area (Å²) in [6.07, 6.45) is 0.792. The maximum atomic E-state index is 12.9. The number of nitrogens with zero attached hydrogens (tertiary/aromatic N) is 3. The summed E-state index contributed by atoms with van der Waals surface area (Å²) in [6.45, 7) is 4.72. The van der Waals surface area contributed by atoms with E-state index in [1.165, 1.54) is 47.0 Å². The van der Waals surface area contributed by atoms with Gasteiger partial charge in [-0.2, -0.15) is 5.26 Å². The normalized spacial score (nSPS) is 13.7. The average Bonchev–Trinajstić information content (AvgIpc) is 3.19. The number of thiophene rings is 1. The van der Waals surface area contributed by atoms with E-state index in [-0.39, 0.29) is 10.8 Å². The smallest absolute Gasteiger partial charge is 0.264 e. The minimum absolute atomic E-state index is 0.0920. The van der Waals surface area contributed by atoms with Crippen molar-refractivity contribution < 1.29 is 13.2 Å². The molecule has 0 spiro atoms. The topological polar surface area (TPSA) is 93.5 Å². The van der Waals surface area contributed by atoms with Crippen molar-refractivity contribution in [3.05, 3.63) is 76.2 Å². The Bertz CT molecular complexity index is 1310. The third-order valence-corrected chi connectivity index (χ3v) is 8.75. The number of likely N-dealkylation sites (N-methyl/N-ethyl adjacent to an activating group) is 1. The minimum atomic E-state index is -3.76. The molecule has 1 N–H and O–H groups in total. The fourth-order valence-corrected chi connectivity index (χ4v) is 6.25. The maximum absolute atomic E-state index is 12.9. The van der Waals surface area contributed by atoms with Crippen molar-refractivity contribution in [3.63, 3.8) is 0 Å². The van der Waals surface area contributed by atoms with Crippen LogP contribution in [0, 0.1) is 11.3 Å². The Morgan fingerprint density at radius 2 is 1.88 bits per heavy atom. The molecule has 0 unspecified atom stereocenters. The summed E-state index contributed by atoms with van der Waals surface area (Å²) in [5.74, 6) is -0.377. The Kier molecular flexibility index (Phi) is 6.51. The zero-order valence-electron chi connectivity index (χ0n) is 18.4. The molecule has 0 saturated heterocycles. The largest absolute Gasteiger partial charge is 0.312 e. The molecule has 7 nitrogen and oxygen atoms in total. The number of carbonyl (C=O) groups excluding carboxylic acids is 1. The zero-order valence-corrected chi connectivity index (χ0v) is 20.0. The Morgan fingerprint density at radius 1 is 1.18 bits per heavy atom. The number of nitriles is 1. The van der Waals surface area contributed by atoms with Gasteiger partial charge in [-0.3, -0.25) is 14.0 Å². The molecule has 2 aromatic carbocycles. The molecule has 0 saturated carbocycles. The maximum Gasteiger partial charge on any atom is 0.264 e. The summed E-state index contributed by atoms with van der Waals surface area (Å²) < 4.78 is 27.1. The molecule has 1 aromatic heterocycles.